The number of aromatic nitrogens is 2. The Morgan fingerprint density at radius 3 is 2.55 bits per heavy atom. The van der Waals surface area contributed by atoms with Gasteiger partial charge >= 0.3 is 11.6 Å². The summed E-state index contributed by atoms with van der Waals surface area (Å²) in [6.07, 6.45) is 10.5. The largest absolute Gasteiger partial charge is 0.478 e. The van der Waals surface area contributed by atoms with Crippen LogP contribution in [0, 0.1) is 0 Å². The van der Waals surface area contributed by atoms with Crippen molar-refractivity contribution in [1.29, 1.82) is 0 Å². The minimum atomic E-state index is -0.442. The zero-order valence-electron chi connectivity index (χ0n) is 17.4. The van der Waals surface area contributed by atoms with Crippen molar-refractivity contribution in [2.45, 2.75) is 38.5 Å². The summed E-state index contributed by atoms with van der Waals surface area (Å²) in [6, 6.07) is 8.76. The van der Waals surface area contributed by atoms with E-state index in [2.05, 4.69) is 16.5 Å². The van der Waals surface area contributed by atoms with Gasteiger partial charge in [0.05, 0.1) is 24.5 Å². The molecule has 0 aliphatic heterocycles. The molecule has 0 saturated carbocycles. The van der Waals surface area contributed by atoms with Crippen molar-refractivity contribution in [3.63, 3.8) is 0 Å². The van der Waals surface area contributed by atoms with E-state index in [9.17, 15) is 9.59 Å². The SMILES string of the molecule is C=CC(=O)OCCCCCCCCOc1cc2oc(=O)c(-c3ccccn3)cc2cn1. The van der Waals surface area contributed by atoms with Gasteiger partial charge in [0.2, 0.25) is 5.88 Å². The molecule has 0 radical (unpaired) electrons. The second-order valence-corrected chi connectivity index (χ2v) is 7.06. The fourth-order valence-corrected chi connectivity index (χ4v) is 3.09. The van der Waals surface area contributed by atoms with Crippen molar-refractivity contribution >= 4 is 16.9 Å². The Kier molecular flexibility index (Phi) is 8.34. The van der Waals surface area contributed by atoms with Crippen LogP contribution in [0.5, 0.6) is 5.88 Å². The maximum absolute atomic E-state index is 12.3. The number of hydrogen-bond acceptors (Lipinski definition) is 7. The van der Waals surface area contributed by atoms with Crippen molar-refractivity contribution in [1.82, 2.24) is 9.97 Å². The zero-order chi connectivity index (χ0) is 21.9. The van der Waals surface area contributed by atoms with Gasteiger partial charge < -0.3 is 13.9 Å². The van der Waals surface area contributed by atoms with E-state index in [1.54, 1.807) is 36.7 Å². The van der Waals surface area contributed by atoms with Crippen LogP contribution in [0.25, 0.3) is 22.2 Å². The van der Waals surface area contributed by atoms with Gasteiger partial charge in [-0.1, -0.05) is 38.3 Å². The predicted molar refractivity (Wildman–Crippen MR) is 118 cm³/mol. The molecule has 0 saturated heterocycles. The first-order valence-electron chi connectivity index (χ1n) is 10.4. The molecule has 0 aliphatic carbocycles. The molecule has 0 unspecified atom stereocenters. The third-order valence-corrected chi connectivity index (χ3v) is 4.73. The fourth-order valence-electron chi connectivity index (χ4n) is 3.09. The van der Waals surface area contributed by atoms with Gasteiger partial charge in [-0.2, -0.15) is 0 Å². The Bertz CT molecular complexity index is 1060. The minimum absolute atomic E-state index is 0.368. The summed E-state index contributed by atoms with van der Waals surface area (Å²) in [5, 5.41) is 0.714. The van der Waals surface area contributed by atoms with Crippen molar-refractivity contribution < 1.29 is 18.7 Å². The normalized spacial score (nSPS) is 10.7. The molecule has 162 valence electrons. The maximum atomic E-state index is 12.3. The van der Waals surface area contributed by atoms with E-state index in [1.807, 2.05) is 6.07 Å². The van der Waals surface area contributed by atoms with Gasteiger partial charge in [-0.05, 0) is 31.0 Å². The first kappa shape index (κ1) is 22.2. The Morgan fingerprint density at radius 1 is 1.03 bits per heavy atom. The molecule has 7 heteroatoms. The maximum Gasteiger partial charge on any atom is 0.345 e. The zero-order valence-corrected chi connectivity index (χ0v) is 17.4. The lowest BCUT2D eigenvalue weighted by molar-refractivity contribution is -0.137. The molecule has 3 rings (SSSR count). The smallest absolute Gasteiger partial charge is 0.345 e. The second-order valence-electron chi connectivity index (χ2n) is 7.06. The van der Waals surface area contributed by atoms with Crippen LogP contribution in [0.3, 0.4) is 0 Å². The van der Waals surface area contributed by atoms with E-state index in [0.29, 0.717) is 41.3 Å². The molecular formula is C24H26N2O5. The van der Waals surface area contributed by atoms with Crippen molar-refractivity contribution in [2.75, 3.05) is 13.2 Å². The summed E-state index contributed by atoms with van der Waals surface area (Å²) < 4.78 is 16.1. The number of carbonyl (C=O) groups excluding carboxylic acids is 1. The van der Waals surface area contributed by atoms with Gasteiger partial charge in [-0.15, -0.1) is 0 Å². The molecule has 7 nitrogen and oxygen atoms in total. The van der Waals surface area contributed by atoms with E-state index in [0.717, 1.165) is 38.5 Å². The van der Waals surface area contributed by atoms with Gasteiger partial charge in [-0.25, -0.2) is 14.6 Å². The fraction of sp³-hybridized carbons (Fsp3) is 0.333. The molecule has 0 fully saturated rings. The van der Waals surface area contributed by atoms with Crippen molar-refractivity contribution in [3.8, 4) is 17.1 Å². The quantitative estimate of drug-likeness (QED) is 0.237. The molecule has 0 amide bonds. The summed E-state index contributed by atoms with van der Waals surface area (Å²) in [6.45, 7) is 4.35. The number of carbonyl (C=O) groups is 1. The topological polar surface area (TPSA) is 91.5 Å². The van der Waals surface area contributed by atoms with E-state index in [1.165, 1.54) is 6.08 Å². The summed E-state index contributed by atoms with van der Waals surface area (Å²) >= 11 is 0. The molecule has 0 atom stereocenters. The van der Waals surface area contributed by atoms with Gasteiger partial charge in [0.15, 0.2) is 0 Å². The van der Waals surface area contributed by atoms with E-state index in [-0.39, 0.29) is 5.97 Å². The Labute approximate surface area is 180 Å². The molecule has 0 N–H and O–H groups in total. The molecule has 0 bridgehead atoms. The summed E-state index contributed by atoms with van der Waals surface area (Å²) in [4.78, 5) is 31.7. The van der Waals surface area contributed by atoms with E-state index >= 15 is 0 Å². The molecule has 3 heterocycles. The molecule has 31 heavy (non-hydrogen) atoms. The monoisotopic (exact) mass is 422 g/mol. The first-order chi connectivity index (χ1) is 15.2. The lowest BCUT2D eigenvalue weighted by Crippen LogP contribution is -2.04. The van der Waals surface area contributed by atoms with Crippen LogP contribution in [0.15, 0.2) is 64.6 Å². The Hall–Kier alpha value is -3.48. The second kappa shape index (κ2) is 11.6. The van der Waals surface area contributed by atoms with Crippen LogP contribution in [0.2, 0.25) is 0 Å². The van der Waals surface area contributed by atoms with Gasteiger partial charge in [0.25, 0.3) is 0 Å². The van der Waals surface area contributed by atoms with Crippen molar-refractivity contribution in [2.24, 2.45) is 0 Å². The summed E-state index contributed by atoms with van der Waals surface area (Å²) in [7, 11) is 0. The predicted octanol–water partition coefficient (Wildman–Crippen LogP) is 4.70. The number of nitrogens with zero attached hydrogens (tertiary/aromatic N) is 2. The minimum Gasteiger partial charge on any atom is -0.478 e. The molecule has 0 aromatic carbocycles. The van der Waals surface area contributed by atoms with Gasteiger partial charge in [0.1, 0.15) is 5.58 Å². The molecular weight excluding hydrogens is 396 g/mol. The molecule has 0 spiro atoms. The standard InChI is InChI=1S/C24H26N2O5/c1-2-23(27)30-14-10-6-4-3-5-9-13-29-22-16-21-18(17-26-22)15-19(24(28)31-21)20-11-7-8-12-25-20/h2,7-8,11-12,15-17H,1,3-6,9-10,13-14H2. The van der Waals surface area contributed by atoms with Gasteiger partial charge in [0, 0.05) is 29.9 Å². The van der Waals surface area contributed by atoms with Crippen LogP contribution in [0.4, 0.5) is 0 Å². The van der Waals surface area contributed by atoms with Crippen molar-refractivity contribution in [3.05, 3.63) is 65.8 Å². The Morgan fingerprint density at radius 2 is 1.81 bits per heavy atom. The van der Waals surface area contributed by atoms with Crippen LogP contribution in [0.1, 0.15) is 38.5 Å². The third kappa shape index (κ3) is 6.77. The van der Waals surface area contributed by atoms with Gasteiger partial charge in [-0.3, -0.25) is 4.98 Å². The Balaban J connectivity index is 1.41. The number of unbranched alkanes of at least 4 members (excludes halogenated alkanes) is 5. The number of fused-ring (bicyclic) bond motifs is 1. The highest BCUT2D eigenvalue weighted by Crippen LogP contribution is 2.21. The number of esters is 1. The highest BCUT2D eigenvalue weighted by atomic mass is 16.5. The summed E-state index contributed by atoms with van der Waals surface area (Å²) in [5.41, 5.74) is 0.966. The number of ether oxygens (including phenoxy) is 2. The number of hydrogen-bond donors (Lipinski definition) is 0. The molecule has 3 aromatic heterocycles. The average Bonchev–Trinajstić information content (AvgIpc) is 2.80. The highest BCUT2D eigenvalue weighted by Gasteiger charge is 2.10. The average molecular weight is 422 g/mol. The lowest BCUT2D eigenvalue weighted by atomic mass is 10.1. The lowest BCUT2D eigenvalue weighted by Gasteiger charge is -2.07. The first-order valence-corrected chi connectivity index (χ1v) is 10.4. The summed E-state index contributed by atoms with van der Waals surface area (Å²) in [5.74, 6) is 0.0673. The van der Waals surface area contributed by atoms with Crippen LogP contribution in [-0.4, -0.2) is 29.2 Å². The molecule has 0 aliphatic rings. The van der Waals surface area contributed by atoms with Crippen LogP contribution < -0.4 is 10.4 Å². The molecule has 3 aromatic rings. The van der Waals surface area contributed by atoms with Crippen LogP contribution in [-0.2, 0) is 9.53 Å². The van der Waals surface area contributed by atoms with Crippen LogP contribution >= 0.6 is 0 Å². The number of rotatable bonds is 12. The van der Waals surface area contributed by atoms with E-state index in [4.69, 9.17) is 13.9 Å². The van der Waals surface area contributed by atoms with E-state index < -0.39 is 5.63 Å². The number of pyridine rings is 2. The highest BCUT2D eigenvalue weighted by molar-refractivity contribution is 5.81. The third-order valence-electron chi connectivity index (χ3n) is 4.73.